The fourth-order valence-corrected chi connectivity index (χ4v) is 3.09. The summed E-state index contributed by atoms with van der Waals surface area (Å²) in [6, 6.07) is 8.09. The van der Waals surface area contributed by atoms with Gasteiger partial charge >= 0.3 is 0 Å². The van der Waals surface area contributed by atoms with Crippen molar-refractivity contribution in [3.63, 3.8) is 0 Å². The van der Waals surface area contributed by atoms with Gasteiger partial charge < -0.3 is 15.2 Å². The van der Waals surface area contributed by atoms with E-state index in [0.717, 1.165) is 25.1 Å². The van der Waals surface area contributed by atoms with Gasteiger partial charge in [0, 0.05) is 12.1 Å². The maximum Gasteiger partial charge on any atom is 0.119 e. The van der Waals surface area contributed by atoms with E-state index in [2.05, 4.69) is 18.3 Å². The molecule has 19 heavy (non-hydrogen) atoms. The molecule has 0 heterocycles. The molecule has 0 aromatic heterocycles. The second kappa shape index (κ2) is 6.40. The maximum absolute atomic E-state index is 9.75. The first kappa shape index (κ1) is 14.4. The van der Waals surface area contributed by atoms with Crippen molar-refractivity contribution >= 4 is 0 Å². The monoisotopic (exact) mass is 263 g/mol. The third-order valence-electron chi connectivity index (χ3n) is 4.20. The van der Waals surface area contributed by atoms with Crippen LogP contribution in [0.5, 0.6) is 5.75 Å². The van der Waals surface area contributed by atoms with Crippen molar-refractivity contribution in [3.05, 3.63) is 29.8 Å². The fourth-order valence-electron chi connectivity index (χ4n) is 3.09. The summed E-state index contributed by atoms with van der Waals surface area (Å²) in [5.74, 6) is 1.58. The molecule has 0 bridgehead atoms. The first-order valence-electron chi connectivity index (χ1n) is 7.16. The Labute approximate surface area is 116 Å². The summed E-state index contributed by atoms with van der Waals surface area (Å²) < 4.78 is 5.24. The smallest absolute Gasteiger partial charge is 0.119 e. The Balaban J connectivity index is 1.98. The van der Waals surface area contributed by atoms with Crippen molar-refractivity contribution in [2.24, 2.45) is 5.92 Å². The summed E-state index contributed by atoms with van der Waals surface area (Å²) in [4.78, 5) is 0. The lowest BCUT2D eigenvalue weighted by Gasteiger charge is -2.39. The highest BCUT2D eigenvalue weighted by Gasteiger charge is 2.33. The molecule has 2 atom stereocenters. The van der Waals surface area contributed by atoms with Gasteiger partial charge in [-0.1, -0.05) is 31.9 Å². The SMILES string of the molecule is COc1cccc(CNC2(CO)CCCC(C)C2)c1. The van der Waals surface area contributed by atoms with Crippen LogP contribution in [0, 0.1) is 5.92 Å². The van der Waals surface area contributed by atoms with E-state index in [-0.39, 0.29) is 12.1 Å². The van der Waals surface area contributed by atoms with Crippen LogP contribution in [0.1, 0.15) is 38.2 Å². The van der Waals surface area contributed by atoms with Crippen LogP contribution in [-0.2, 0) is 6.54 Å². The van der Waals surface area contributed by atoms with Crippen LogP contribution in [0.2, 0.25) is 0 Å². The first-order valence-corrected chi connectivity index (χ1v) is 7.16. The van der Waals surface area contributed by atoms with Crippen LogP contribution in [-0.4, -0.2) is 24.4 Å². The largest absolute Gasteiger partial charge is 0.497 e. The summed E-state index contributed by atoms with van der Waals surface area (Å²) in [5.41, 5.74) is 1.10. The van der Waals surface area contributed by atoms with E-state index in [1.807, 2.05) is 18.2 Å². The van der Waals surface area contributed by atoms with Gasteiger partial charge in [-0.3, -0.25) is 0 Å². The van der Waals surface area contributed by atoms with Crippen LogP contribution in [0.4, 0.5) is 0 Å². The standard InChI is InChI=1S/C16H25NO2/c1-13-5-4-8-16(10-13,12-18)17-11-14-6-3-7-15(9-14)19-2/h3,6-7,9,13,17-18H,4-5,8,10-12H2,1-2H3. The van der Waals surface area contributed by atoms with Gasteiger partial charge in [0.1, 0.15) is 5.75 Å². The van der Waals surface area contributed by atoms with Crippen molar-refractivity contribution < 1.29 is 9.84 Å². The molecule has 2 unspecified atom stereocenters. The van der Waals surface area contributed by atoms with Crippen molar-refractivity contribution in [3.8, 4) is 5.75 Å². The second-order valence-corrected chi connectivity index (χ2v) is 5.85. The molecule has 0 amide bonds. The number of hydrogen-bond donors (Lipinski definition) is 2. The van der Waals surface area contributed by atoms with Gasteiger partial charge in [-0.15, -0.1) is 0 Å². The summed E-state index contributed by atoms with van der Waals surface area (Å²) in [6.45, 7) is 3.28. The Morgan fingerprint density at radius 2 is 2.32 bits per heavy atom. The lowest BCUT2D eigenvalue weighted by Crippen LogP contribution is -2.51. The number of aliphatic hydroxyl groups excluding tert-OH is 1. The minimum absolute atomic E-state index is 0.0965. The van der Waals surface area contributed by atoms with E-state index in [1.165, 1.54) is 18.4 Å². The average Bonchev–Trinajstić information content (AvgIpc) is 2.45. The fraction of sp³-hybridized carbons (Fsp3) is 0.625. The minimum atomic E-state index is -0.0965. The molecule has 1 fully saturated rings. The third kappa shape index (κ3) is 3.71. The lowest BCUT2D eigenvalue weighted by atomic mass is 9.77. The van der Waals surface area contributed by atoms with Crippen LogP contribution in [0.25, 0.3) is 0 Å². The van der Waals surface area contributed by atoms with E-state index in [1.54, 1.807) is 7.11 Å². The molecule has 0 saturated heterocycles. The van der Waals surface area contributed by atoms with Crippen LogP contribution >= 0.6 is 0 Å². The third-order valence-corrected chi connectivity index (χ3v) is 4.20. The lowest BCUT2D eigenvalue weighted by molar-refractivity contribution is 0.0982. The van der Waals surface area contributed by atoms with Crippen molar-refractivity contribution in [2.45, 2.75) is 44.7 Å². The summed E-state index contributed by atoms with van der Waals surface area (Å²) in [6.07, 6.45) is 4.61. The molecule has 2 N–H and O–H groups in total. The van der Waals surface area contributed by atoms with E-state index in [9.17, 15) is 5.11 Å². The van der Waals surface area contributed by atoms with Gasteiger partial charge in [-0.25, -0.2) is 0 Å². The number of hydrogen-bond acceptors (Lipinski definition) is 3. The van der Waals surface area contributed by atoms with Crippen LogP contribution in [0.15, 0.2) is 24.3 Å². The number of benzene rings is 1. The molecule has 106 valence electrons. The number of nitrogens with one attached hydrogen (secondary N) is 1. The molecule has 1 aliphatic carbocycles. The molecule has 1 saturated carbocycles. The highest BCUT2D eigenvalue weighted by atomic mass is 16.5. The van der Waals surface area contributed by atoms with E-state index in [4.69, 9.17) is 4.74 Å². The Hall–Kier alpha value is -1.06. The molecule has 3 heteroatoms. The Bertz CT molecular complexity index is 407. The van der Waals surface area contributed by atoms with Gasteiger partial charge in [0.25, 0.3) is 0 Å². The molecule has 1 aromatic rings. The summed E-state index contributed by atoms with van der Waals surface area (Å²) in [5, 5.41) is 13.3. The highest BCUT2D eigenvalue weighted by Crippen LogP contribution is 2.32. The van der Waals surface area contributed by atoms with E-state index in [0.29, 0.717) is 5.92 Å². The van der Waals surface area contributed by atoms with E-state index < -0.39 is 0 Å². The molecular weight excluding hydrogens is 238 g/mol. The molecule has 0 radical (unpaired) electrons. The Kier molecular flexibility index (Phi) is 4.83. The first-order chi connectivity index (χ1) is 9.17. The van der Waals surface area contributed by atoms with E-state index >= 15 is 0 Å². The van der Waals surface area contributed by atoms with Crippen LogP contribution < -0.4 is 10.1 Å². The quantitative estimate of drug-likeness (QED) is 0.858. The predicted octanol–water partition coefficient (Wildman–Crippen LogP) is 2.73. The maximum atomic E-state index is 9.75. The molecule has 1 aromatic carbocycles. The number of methoxy groups -OCH3 is 1. The second-order valence-electron chi connectivity index (χ2n) is 5.85. The van der Waals surface area contributed by atoms with Gasteiger partial charge in [-0.05, 0) is 36.5 Å². The number of aliphatic hydroxyl groups is 1. The van der Waals surface area contributed by atoms with Gasteiger partial charge in [-0.2, -0.15) is 0 Å². The van der Waals surface area contributed by atoms with Gasteiger partial charge in [0.2, 0.25) is 0 Å². The zero-order valence-electron chi connectivity index (χ0n) is 12.0. The summed E-state index contributed by atoms with van der Waals surface area (Å²) in [7, 11) is 1.69. The van der Waals surface area contributed by atoms with Crippen molar-refractivity contribution in [1.29, 1.82) is 0 Å². The molecule has 0 aliphatic heterocycles. The van der Waals surface area contributed by atoms with Gasteiger partial charge in [0.15, 0.2) is 0 Å². The molecular formula is C16H25NO2. The molecule has 0 spiro atoms. The Morgan fingerprint density at radius 1 is 1.47 bits per heavy atom. The normalized spacial score (nSPS) is 27.2. The highest BCUT2D eigenvalue weighted by molar-refractivity contribution is 5.28. The van der Waals surface area contributed by atoms with Gasteiger partial charge in [0.05, 0.1) is 13.7 Å². The Morgan fingerprint density at radius 3 is 3.00 bits per heavy atom. The average molecular weight is 263 g/mol. The molecule has 2 rings (SSSR count). The topological polar surface area (TPSA) is 41.5 Å². The zero-order valence-corrected chi connectivity index (χ0v) is 12.0. The number of ether oxygens (including phenoxy) is 1. The zero-order chi connectivity index (χ0) is 13.7. The van der Waals surface area contributed by atoms with Crippen molar-refractivity contribution in [1.82, 2.24) is 5.32 Å². The van der Waals surface area contributed by atoms with Crippen LogP contribution in [0.3, 0.4) is 0 Å². The molecule has 3 nitrogen and oxygen atoms in total. The minimum Gasteiger partial charge on any atom is -0.497 e. The van der Waals surface area contributed by atoms with Crippen molar-refractivity contribution in [2.75, 3.05) is 13.7 Å². The number of rotatable bonds is 5. The molecule has 1 aliphatic rings. The summed E-state index contributed by atoms with van der Waals surface area (Å²) >= 11 is 0. The predicted molar refractivity (Wildman–Crippen MR) is 77.3 cm³/mol.